The lowest BCUT2D eigenvalue weighted by atomic mass is 10.1. The molecule has 3 aromatic carbocycles. The minimum absolute atomic E-state index is 0.203. The predicted octanol–water partition coefficient (Wildman–Crippen LogP) is 5.72. The van der Waals surface area contributed by atoms with Crippen molar-refractivity contribution in [2.24, 2.45) is 0 Å². The zero-order chi connectivity index (χ0) is 22.5. The van der Waals surface area contributed by atoms with E-state index in [1.165, 1.54) is 6.08 Å². The Balaban J connectivity index is 1.56. The number of aryl methyl sites for hydroxylation is 2. The van der Waals surface area contributed by atoms with Gasteiger partial charge in [-0.05, 0) is 49.2 Å². The minimum atomic E-state index is -0.558. The number of anilines is 1. The fourth-order valence-electron chi connectivity index (χ4n) is 3.39. The van der Waals surface area contributed by atoms with Crippen LogP contribution in [0.5, 0.6) is 5.75 Å². The van der Waals surface area contributed by atoms with Gasteiger partial charge in [0.05, 0.1) is 16.8 Å². The van der Waals surface area contributed by atoms with Crippen LogP contribution in [-0.4, -0.2) is 16.9 Å². The van der Waals surface area contributed by atoms with Crippen molar-refractivity contribution in [1.29, 1.82) is 0 Å². The van der Waals surface area contributed by atoms with Gasteiger partial charge >= 0.3 is 5.97 Å². The maximum absolute atomic E-state index is 13.1. The number of aromatic nitrogens is 1. The smallest absolute Gasteiger partial charge is 0.336 e. The second-order valence-electron chi connectivity index (χ2n) is 7.45. The SMILES string of the molecule is Cc1ccc(/C=C/C(=O)Oc2cccc(C)c2C(=O)Nc2cccc3cccnc23)cc1. The summed E-state index contributed by atoms with van der Waals surface area (Å²) in [6.45, 7) is 3.80. The van der Waals surface area contributed by atoms with Gasteiger partial charge in [0.15, 0.2) is 0 Å². The fraction of sp³-hybridized carbons (Fsp3) is 0.0741. The minimum Gasteiger partial charge on any atom is -0.423 e. The van der Waals surface area contributed by atoms with Gasteiger partial charge in [-0.3, -0.25) is 9.78 Å². The van der Waals surface area contributed by atoms with E-state index in [1.807, 2.05) is 55.5 Å². The first-order valence-corrected chi connectivity index (χ1v) is 10.2. The van der Waals surface area contributed by atoms with Crippen LogP contribution in [0.2, 0.25) is 0 Å². The summed E-state index contributed by atoms with van der Waals surface area (Å²) in [7, 11) is 0. The Morgan fingerprint density at radius 2 is 1.66 bits per heavy atom. The molecule has 5 nitrogen and oxygen atoms in total. The van der Waals surface area contributed by atoms with Gasteiger partial charge in [0, 0.05) is 17.7 Å². The highest BCUT2D eigenvalue weighted by Crippen LogP contribution is 2.26. The first kappa shape index (κ1) is 21.0. The van der Waals surface area contributed by atoms with Crippen LogP contribution in [0.4, 0.5) is 5.69 Å². The summed E-state index contributed by atoms with van der Waals surface area (Å²) in [6.07, 6.45) is 4.71. The van der Waals surface area contributed by atoms with Gasteiger partial charge in [0.25, 0.3) is 5.91 Å². The number of esters is 1. The topological polar surface area (TPSA) is 68.3 Å². The number of para-hydroxylation sites is 1. The molecule has 0 aliphatic rings. The Kier molecular flexibility index (Phi) is 6.08. The van der Waals surface area contributed by atoms with E-state index in [0.29, 0.717) is 22.3 Å². The molecule has 1 aromatic heterocycles. The average molecular weight is 422 g/mol. The van der Waals surface area contributed by atoms with Crippen LogP contribution in [0, 0.1) is 13.8 Å². The van der Waals surface area contributed by atoms with Crippen LogP contribution in [0.1, 0.15) is 27.0 Å². The maximum Gasteiger partial charge on any atom is 0.336 e. The third-order valence-electron chi connectivity index (χ3n) is 5.04. The number of fused-ring (bicyclic) bond motifs is 1. The van der Waals surface area contributed by atoms with Crippen LogP contribution in [0.25, 0.3) is 17.0 Å². The van der Waals surface area contributed by atoms with E-state index in [4.69, 9.17) is 4.74 Å². The van der Waals surface area contributed by atoms with Crippen molar-refractivity contribution in [3.05, 3.63) is 107 Å². The molecule has 1 heterocycles. The van der Waals surface area contributed by atoms with Crippen molar-refractivity contribution < 1.29 is 14.3 Å². The second-order valence-corrected chi connectivity index (χ2v) is 7.45. The highest BCUT2D eigenvalue weighted by atomic mass is 16.5. The Hall–Kier alpha value is -4.25. The lowest BCUT2D eigenvalue weighted by molar-refractivity contribution is -0.128. The molecule has 4 aromatic rings. The van der Waals surface area contributed by atoms with Gasteiger partial charge < -0.3 is 10.1 Å². The number of hydrogen-bond donors (Lipinski definition) is 1. The molecule has 32 heavy (non-hydrogen) atoms. The molecule has 0 aliphatic heterocycles. The van der Waals surface area contributed by atoms with Crippen LogP contribution >= 0.6 is 0 Å². The molecule has 0 unspecified atom stereocenters. The first-order chi connectivity index (χ1) is 15.5. The highest BCUT2D eigenvalue weighted by molar-refractivity contribution is 6.10. The summed E-state index contributed by atoms with van der Waals surface area (Å²) in [4.78, 5) is 29.9. The number of carbonyl (C=O) groups excluding carboxylic acids is 2. The van der Waals surface area contributed by atoms with Crippen molar-refractivity contribution in [2.45, 2.75) is 13.8 Å². The zero-order valence-electron chi connectivity index (χ0n) is 17.8. The molecule has 1 N–H and O–H groups in total. The maximum atomic E-state index is 13.1. The third kappa shape index (κ3) is 4.73. The van der Waals surface area contributed by atoms with Crippen molar-refractivity contribution in [2.75, 3.05) is 5.32 Å². The van der Waals surface area contributed by atoms with E-state index in [0.717, 1.165) is 16.5 Å². The van der Waals surface area contributed by atoms with Gasteiger partial charge in [0.2, 0.25) is 0 Å². The van der Waals surface area contributed by atoms with Crippen molar-refractivity contribution >= 4 is 34.5 Å². The molecule has 0 saturated heterocycles. The molecule has 0 bridgehead atoms. The lowest BCUT2D eigenvalue weighted by Gasteiger charge is -2.13. The van der Waals surface area contributed by atoms with E-state index in [9.17, 15) is 9.59 Å². The Labute approximate surface area is 186 Å². The Morgan fingerprint density at radius 1 is 0.906 bits per heavy atom. The van der Waals surface area contributed by atoms with E-state index >= 15 is 0 Å². The lowest BCUT2D eigenvalue weighted by Crippen LogP contribution is -2.17. The quantitative estimate of drug-likeness (QED) is 0.254. The van der Waals surface area contributed by atoms with E-state index in [2.05, 4.69) is 10.3 Å². The largest absolute Gasteiger partial charge is 0.423 e. The number of pyridine rings is 1. The molecule has 0 saturated carbocycles. The highest BCUT2D eigenvalue weighted by Gasteiger charge is 2.18. The predicted molar refractivity (Wildman–Crippen MR) is 127 cm³/mol. The summed E-state index contributed by atoms with van der Waals surface area (Å²) in [6, 6.07) is 22.3. The van der Waals surface area contributed by atoms with Crippen LogP contribution in [-0.2, 0) is 4.79 Å². The molecular formula is C27H22N2O3. The van der Waals surface area contributed by atoms with Gasteiger partial charge in [-0.1, -0.05) is 60.2 Å². The summed E-state index contributed by atoms with van der Waals surface area (Å²) >= 11 is 0. The average Bonchev–Trinajstić information content (AvgIpc) is 2.79. The molecule has 158 valence electrons. The molecule has 0 fully saturated rings. The van der Waals surface area contributed by atoms with Gasteiger partial charge in [-0.2, -0.15) is 0 Å². The van der Waals surface area contributed by atoms with E-state index in [-0.39, 0.29) is 11.7 Å². The summed E-state index contributed by atoms with van der Waals surface area (Å²) in [5.41, 5.74) is 4.31. The van der Waals surface area contributed by atoms with Gasteiger partial charge in [-0.15, -0.1) is 0 Å². The van der Waals surface area contributed by atoms with Gasteiger partial charge in [0.1, 0.15) is 5.75 Å². The monoisotopic (exact) mass is 422 g/mol. The number of hydrogen-bond acceptors (Lipinski definition) is 4. The molecule has 0 atom stereocenters. The Morgan fingerprint density at radius 3 is 2.47 bits per heavy atom. The Bertz CT molecular complexity index is 1320. The molecule has 0 spiro atoms. The van der Waals surface area contributed by atoms with Crippen LogP contribution in [0.3, 0.4) is 0 Å². The number of benzene rings is 3. The van der Waals surface area contributed by atoms with Gasteiger partial charge in [-0.25, -0.2) is 4.79 Å². The molecule has 5 heteroatoms. The zero-order valence-corrected chi connectivity index (χ0v) is 17.8. The third-order valence-corrected chi connectivity index (χ3v) is 5.04. The first-order valence-electron chi connectivity index (χ1n) is 10.2. The number of nitrogens with zero attached hydrogens (tertiary/aromatic N) is 1. The number of amides is 1. The summed E-state index contributed by atoms with van der Waals surface area (Å²) in [5, 5.41) is 3.83. The number of nitrogens with one attached hydrogen (secondary N) is 1. The second kappa shape index (κ2) is 9.27. The number of ether oxygens (including phenoxy) is 1. The number of rotatable bonds is 5. The molecular weight excluding hydrogens is 400 g/mol. The molecule has 0 aliphatic carbocycles. The standard InChI is InChI=1S/C27H22N2O3/c1-18-11-13-20(14-12-18)15-16-24(30)32-23-10-3-6-19(2)25(23)27(31)29-22-9-4-7-21-8-5-17-28-26(21)22/h3-17H,1-2H3,(H,29,31)/b16-15+. The number of carbonyl (C=O) groups is 2. The van der Waals surface area contributed by atoms with Crippen molar-refractivity contribution in [3.8, 4) is 5.75 Å². The normalized spacial score (nSPS) is 10.9. The molecule has 4 rings (SSSR count). The van der Waals surface area contributed by atoms with E-state index in [1.54, 1.807) is 43.5 Å². The van der Waals surface area contributed by atoms with Crippen LogP contribution < -0.4 is 10.1 Å². The van der Waals surface area contributed by atoms with E-state index < -0.39 is 5.97 Å². The molecule has 1 amide bonds. The summed E-state index contributed by atoms with van der Waals surface area (Å²) in [5.74, 6) is -0.724. The van der Waals surface area contributed by atoms with Crippen molar-refractivity contribution in [1.82, 2.24) is 4.98 Å². The van der Waals surface area contributed by atoms with Crippen LogP contribution in [0.15, 0.2) is 85.1 Å². The van der Waals surface area contributed by atoms with Crippen molar-refractivity contribution in [3.63, 3.8) is 0 Å². The fourth-order valence-corrected chi connectivity index (χ4v) is 3.39. The molecule has 0 radical (unpaired) electrons. The summed E-state index contributed by atoms with van der Waals surface area (Å²) < 4.78 is 5.52.